The number of nitrogen functional groups attached to an aromatic ring is 1. The Balaban J connectivity index is 0.000000174. The summed E-state index contributed by atoms with van der Waals surface area (Å²) < 4.78 is 44.6. The highest BCUT2D eigenvalue weighted by Crippen LogP contribution is 2.36. The fraction of sp³-hybridized carbons (Fsp3) is 0.184. The summed E-state index contributed by atoms with van der Waals surface area (Å²) in [6, 6.07) is 92.2. The van der Waals surface area contributed by atoms with Gasteiger partial charge in [0.2, 0.25) is 0 Å². The summed E-state index contributed by atoms with van der Waals surface area (Å²) in [5, 5.41) is 29.1. The molecule has 5 N–H and O–H groups in total. The van der Waals surface area contributed by atoms with E-state index < -0.39 is 6.67 Å². The topological polar surface area (TPSA) is 283 Å². The Kier molecular flexibility index (Phi) is 40.2. The molecular formula is C103H106BrCl2F2IN18O6. The number of nitrogens with two attached hydrogens (primary N) is 1. The summed E-state index contributed by atoms with van der Waals surface area (Å²) in [5.74, 6) is 12.4. The highest BCUT2D eigenvalue weighted by Gasteiger charge is 2.18. The molecule has 6 heterocycles. The summed E-state index contributed by atoms with van der Waals surface area (Å²) in [7, 11) is 12.8. The van der Waals surface area contributed by atoms with Crippen LogP contribution in [-0.4, -0.2) is 149 Å². The van der Waals surface area contributed by atoms with Crippen molar-refractivity contribution in [3.63, 3.8) is 0 Å². The Morgan fingerprint density at radius 3 is 0.910 bits per heavy atom. The number of aryl methyl sites for hydroxylation is 6. The standard InChI is InChI=1S/C18H18FN3O.C17H17N3O.3C16H15N3O.C9H7ClN2.C7H9NO.C2H4BrF.C2H5I.ClH/c1-13-20-17-6-4-3-5-16(17)18(21-13)22(2)14-7-9-15(10-8-14)23-12-11-19;1-12-18-16-7-5-4-6-15(16)17(19-12)20(2)13-8-10-14(21-3)11-9-13;1-11-17-15-6-4-3-5-14(15)16(18-11)19-12-7-9-13(20-2)10-8-12;2*1-11-17-15-6-4-3-5-14(15)16(18-11)19(2)12-7-9-13(20)10-8-12;1-6-11-8-5-3-2-4-7(8)9(10)12-6;1-9-7-4-2-6(8)3-5-7;3-1-2-4;1-2-3;/h3-10H,11-12H2,1-2H3;4-11H,1-3H3;3-10H,1-2H3,(H,17,18,19);2*3-10,20H,1-2H3;2-5H,1H3;2-5H,8H2,1H3;1-2H2;2H2,1H3;1H/i;2-1;;;;;;;2-1;. The minimum absolute atomic E-state index is 0. The van der Waals surface area contributed by atoms with Crippen LogP contribution in [0.1, 0.15) is 41.9 Å². The minimum Gasteiger partial charge on any atom is -0.508 e. The first-order valence-corrected chi connectivity index (χ1v) is 44.9. The van der Waals surface area contributed by atoms with E-state index in [9.17, 15) is 19.0 Å². The van der Waals surface area contributed by atoms with Crippen LogP contribution in [-0.2, 0) is 0 Å². The van der Waals surface area contributed by atoms with E-state index >= 15 is 0 Å². The molecule has 0 aliphatic carbocycles. The molecule has 0 spiro atoms. The number of ether oxygens (including phenoxy) is 4. The van der Waals surface area contributed by atoms with E-state index in [0.717, 1.165) is 175 Å². The Hall–Kier alpha value is -14.1. The number of methoxy groups -OCH3 is 3. The van der Waals surface area contributed by atoms with Gasteiger partial charge >= 0.3 is 0 Å². The molecule has 0 saturated carbocycles. The van der Waals surface area contributed by atoms with Gasteiger partial charge in [-0.2, -0.15) is 0 Å². The number of hydrogen-bond acceptors (Lipinski definition) is 24. The van der Waals surface area contributed by atoms with E-state index in [1.807, 2.05) is 339 Å². The highest BCUT2D eigenvalue weighted by molar-refractivity contribution is 14.1. The number of nitrogens with zero attached hydrogens (tertiary/aromatic N) is 16. The molecule has 12 aromatic carbocycles. The molecule has 0 amide bonds. The van der Waals surface area contributed by atoms with E-state index in [4.69, 9.17) is 36.3 Å². The molecule has 133 heavy (non-hydrogen) atoms. The Morgan fingerprint density at radius 2 is 0.602 bits per heavy atom. The minimum atomic E-state index is -0.492. The number of phenols is 2. The second-order valence-electron chi connectivity index (χ2n) is 28.9. The second-order valence-corrected chi connectivity index (χ2v) is 31.6. The monoisotopic (exact) mass is 2000 g/mol. The van der Waals surface area contributed by atoms with Gasteiger partial charge in [-0.05, 0) is 264 Å². The number of rotatable bonds is 17. The number of benzene rings is 12. The maximum Gasteiger partial charge on any atom is 0.144 e. The van der Waals surface area contributed by atoms with Gasteiger partial charge in [0.25, 0.3) is 0 Å². The lowest BCUT2D eigenvalue weighted by atomic mass is 10.1. The number of alkyl halides is 4. The molecule has 686 valence electrons. The molecule has 18 aromatic rings. The van der Waals surface area contributed by atoms with Crippen LogP contribution in [0.3, 0.4) is 0 Å². The summed E-state index contributed by atoms with van der Waals surface area (Å²) in [5.41, 5.74) is 16.7. The molecule has 0 fully saturated rings. The van der Waals surface area contributed by atoms with Crippen molar-refractivity contribution in [3.05, 3.63) is 331 Å². The van der Waals surface area contributed by atoms with Gasteiger partial charge < -0.3 is 59.8 Å². The first-order chi connectivity index (χ1) is 63.9. The molecule has 0 unspecified atom stereocenters. The number of phenolic OH excluding ortho intramolecular Hbond substituents is 2. The third-order valence-electron chi connectivity index (χ3n) is 19.5. The van der Waals surface area contributed by atoms with E-state index in [2.05, 4.69) is 115 Å². The summed E-state index contributed by atoms with van der Waals surface area (Å²) in [4.78, 5) is 61.4. The van der Waals surface area contributed by atoms with E-state index in [1.54, 1.807) is 57.7 Å². The van der Waals surface area contributed by atoms with Gasteiger partial charge in [-0.3, -0.25) is 4.39 Å². The van der Waals surface area contributed by atoms with Gasteiger partial charge in [-0.1, -0.05) is 130 Å². The number of anilines is 11. The lowest BCUT2D eigenvalue weighted by Gasteiger charge is -2.20. The lowest BCUT2D eigenvalue weighted by molar-refractivity contribution is 0.273. The zero-order chi connectivity index (χ0) is 94.6. The third kappa shape index (κ3) is 29.7. The first-order valence-electron chi connectivity index (χ1n) is 41.9. The maximum absolute atomic E-state index is 12.1. The van der Waals surface area contributed by atoms with Crippen molar-refractivity contribution in [1.29, 1.82) is 0 Å². The molecule has 24 nitrogen and oxygen atoms in total. The van der Waals surface area contributed by atoms with Crippen LogP contribution in [0.5, 0.6) is 34.5 Å². The smallest absolute Gasteiger partial charge is 0.144 e. The van der Waals surface area contributed by atoms with Crippen molar-refractivity contribution in [1.82, 2.24) is 59.8 Å². The van der Waals surface area contributed by atoms with Crippen molar-refractivity contribution in [2.45, 2.75) is 48.5 Å². The molecule has 30 heteroatoms. The molecule has 0 radical (unpaired) electrons. The third-order valence-corrected chi connectivity index (χ3v) is 20.1. The van der Waals surface area contributed by atoms with E-state index in [1.165, 1.54) is 4.43 Å². The van der Waals surface area contributed by atoms with Crippen molar-refractivity contribution in [2.75, 3.05) is 110 Å². The van der Waals surface area contributed by atoms with Crippen molar-refractivity contribution in [2.24, 2.45) is 0 Å². The number of para-hydroxylation sites is 6. The quantitative estimate of drug-likeness (QED) is 0.0285. The summed E-state index contributed by atoms with van der Waals surface area (Å²) >= 11 is 11.1. The fourth-order valence-corrected chi connectivity index (χ4v) is 13.4. The van der Waals surface area contributed by atoms with E-state index in [-0.39, 0.29) is 37.2 Å². The number of fused-ring (bicyclic) bond motifs is 6. The number of halogens is 6. The molecule has 18 rings (SSSR count). The molecule has 0 aliphatic rings. The zero-order valence-corrected chi connectivity index (χ0v) is 81.6. The second kappa shape index (κ2) is 52.1. The van der Waals surface area contributed by atoms with Gasteiger partial charge in [-0.25, -0.2) is 64.2 Å². The molecule has 0 aliphatic heterocycles. The van der Waals surface area contributed by atoms with Crippen LogP contribution in [0.15, 0.2) is 291 Å². The Labute approximate surface area is 807 Å². The summed E-state index contributed by atoms with van der Waals surface area (Å²) in [6.07, 6.45) is 0. The number of nitrogens with one attached hydrogen (secondary N) is 1. The predicted molar refractivity (Wildman–Crippen MR) is 555 cm³/mol. The molecule has 0 atom stereocenters. The Bertz CT molecular complexity index is 6570. The highest BCUT2D eigenvalue weighted by atomic mass is 127. The largest absolute Gasteiger partial charge is 0.508 e. The molecular weight excluding hydrogens is 1900 g/mol. The number of aromatic hydroxyl groups is 2. The zero-order valence-electron chi connectivity index (χ0n) is 76.3. The fourth-order valence-electron chi connectivity index (χ4n) is 13.1. The molecule has 0 saturated heterocycles. The van der Waals surface area contributed by atoms with Gasteiger partial charge in [0.15, 0.2) is 0 Å². The predicted octanol–water partition coefficient (Wildman–Crippen LogP) is 25.4. The van der Waals surface area contributed by atoms with Crippen LogP contribution >= 0.6 is 62.5 Å². The average Bonchev–Trinajstić information content (AvgIpc) is 0.803. The first kappa shape index (κ1) is 103. The van der Waals surface area contributed by atoms with Crippen molar-refractivity contribution in [3.8, 4) is 34.5 Å². The van der Waals surface area contributed by atoms with Crippen LogP contribution in [0, 0.1) is 41.5 Å². The van der Waals surface area contributed by atoms with Gasteiger partial charge in [0.05, 0.1) is 61.1 Å². The van der Waals surface area contributed by atoms with Crippen LogP contribution < -0.4 is 49.6 Å². The van der Waals surface area contributed by atoms with Crippen LogP contribution in [0.25, 0.3) is 65.4 Å². The number of aromatic nitrogens is 12. The van der Waals surface area contributed by atoms with Gasteiger partial charge in [0.1, 0.15) is 117 Å². The van der Waals surface area contributed by atoms with Crippen LogP contribution in [0.2, 0.25) is 5.15 Å². The van der Waals surface area contributed by atoms with Crippen LogP contribution in [0.4, 0.5) is 72.0 Å². The SMILES string of the molecule is COc1ccc(N([11CH3])c2nc(C)nc3ccccc23)cc1.COc1ccc(N)cc1.COc1ccc(Nc2nc(C)nc3ccccc23)cc1.C[11CH2]I.Cc1nc(Cl)c2ccccc2n1.Cc1nc(N(C)c2ccc(O)cc2)c2ccccc2n1.Cc1nc(N(C)c2ccc(O)cc2)c2ccccc2n1.Cc1nc(N(C)c2ccc(OCCF)cc2)c2ccccc2n1.Cl.FCCBr. The normalized spacial score (nSPS) is 10.2. The van der Waals surface area contributed by atoms with Gasteiger partial charge in [-0.15, -0.1) is 12.4 Å². The summed E-state index contributed by atoms with van der Waals surface area (Å²) in [6.45, 7) is 12.7. The maximum atomic E-state index is 12.1. The van der Waals surface area contributed by atoms with E-state index in [0.29, 0.717) is 22.1 Å². The Morgan fingerprint density at radius 1 is 0.353 bits per heavy atom. The van der Waals surface area contributed by atoms with Crippen molar-refractivity contribution >= 4 is 191 Å². The lowest BCUT2D eigenvalue weighted by Crippen LogP contribution is -2.13. The molecule has 0 bridgehead atoms. The van der Waals surface area contributed by atoms with Crippen molar-refractivity contribution < 1.29 is 37.9 Å². The number of hydrogen-bond donors (Lipinski definition) is 4. The average molecular weight is 2010 g/mol. The molecule has 6 aromatic heterocycles. The van der Waals surface area contributed by atoms with Gasteiger partial charge in [0, 0.05) is 100.0 Å².